The molecule has 1 amide bonds. The molecule has 0 radical (unpaired) electrons. The van der Waals surface area contributed by atoms with Crippen molar-refractivity contribution in [3.8, 4) is 0 Å². The normalized spacial score (nSPS) is 14.2. The first-order valence-corrected chi connectivity index (χ1v) is 9.44. The van der Waals surface area contributed by atoms with E-state index < -0.39 is 0 Å². The zero-order valence-electron chi connectivity index (χ0n) is 16.8. The standard InChI is InChI=1S/C21H24N6O2/c1-14-19(15(2)29-24-14)12-26-11-18(9-23-26)27-16(3)25(13-21(27)28)10-17-7-5-6-8-20(17)22-4/h5-9,11,22H,3,10,12-13H2,1-2,4H3. The monoisotopic (exact) mass is 392 g/mol. The molecule has 1 aromatic carbocycles. The van der Waals surface area contributed by atoms with Gasteiger partial charge in [-0.3, -0.25) is 14.4 Å². The second-order valence-electron chi connectivity index (χ2n) is 7.11. The molecule has 0 saturated carbocycles. The summed E-state index contributed by atoms with van der Waals surface area (Å²) in [7, 11) is 1.89. The van der Waals surface area contributed by atoms with Crippen molar-refractivity contribution in [1.29, 1.82) is 0 Å². The summed E-state index contributed by atoms with van der Waals surface area (Å²) < 4.78 is 7.00. The molecular formula is C21H24N6O2. The zero-order chi connectivity index (χ0) is 20.5. The van der Waals surface area contributed by atoms with Gasteiger partial charge in [-0.05, 0) is 25.5 Å². The highest BCUT2D eigenvalue weighted by Gasteiger charge is 2.33. The van der Waals surface area contributed by atoms with Gasteiger partial charge in [-0.15, -0.1) is 0 Å². The maximum atomic E-state index is 12.7. The van der Waals surface area contributed by atoms with Crippen LogP contribution >= 0.6 is 0 Å². The lowest BCUT2D eigenvalue weighted by Crippen LogP contribution is -2.23. The zero-order valence-corrected chi connectivity index (χ0v) is 16.8. The Bertz CT molecular complexity index is 1050. The lowest BCUT2D eigenvalue weighted by molar-refractivity contribution is -0.116. The van der Waals surface area contributed by atoms with Gasteiger partial charge in [0.1, 0.15) is 11.6 Å². The van der Waals surface area contributed by atoms with Crippen molar-refractivity contribution in [2.24, 2.45) is 0 Å². The fourth-order valence-electron chi connectivity index (χ4n) is 3.60. The third-order valence-electron chi connectivity index (χ3n) is 5.23. The quantitative estimate of drug-likeness (QED) is 0.695. The van der Waals surface area contributed by atoms with E-state index in [1.807, 2.05) is 56.3 Å². The molecule has 8 heteroatoms. The number of carbonyl (C=O) groups is 1. The molecule has 1 saturated heterocycles. The fourth-order valence-corrected chi connectivity index (χ4v) is 3.60. The molecule has 0 spiro atoms. The number of rotatable bonds is 6. The van der Waals surface area contributed by atoms with Crippen LogP contribution in [0.4, 0.5) is 11.4 Å². The Balaban J connectivity index is 1.52. The molecule has 0 aliphatic carbocycles. The lowest BCUT2D eigenvalue weighted by Gasteiger charge is -2.22. The first-order valence-electron chi connectivity index (χ1n) is 9.44. The van der Waals surface area contributed by atoms with E-state index >= 15 is 0 Å². The molecule has 1 aliphatic rings. The number of hydrogen-bond acceptors (Lipinski definition) is 6. The Morgan fingerprint density at radius 3 is 2.76 bits per heavy atom. The molecule has 4 rings (SSSR count). The minimum atomic E-state index is -0.0196. The number of amides is 1. The molecule has 2 aromatic heterocycles. The van der Waals surface area contributed by atoms with Gasteiger partial charge in [0.2, 0.25) is 0 Å². The van der Waals surface area contributed by atoms with Crippen LogP contribution in [0.1, 0.15) is 22.6 Å². The minimum Gasteiger partial charge on any atom is -0.388 e. The summed E-state index contributed by atoms with van der Waals surface area (Å²) in [5, 5.41) is 11.6. The predicted molar refractivity (Wildman–Crippen MR) is 110 cm³/mol. The molecule has 1 N–H and O–H groups in total. The third-order valence-corrected chi connectivity index (χ3v) is 5.23. The van der Waals surface area contributed by atoms with E-state index in [4.69, 9.17) is 4.52 Å². The molecule has 3 aromatic rings. The Hall–Kier alpha value is -3.55. The minimum absolute atomic E-state index is 0.0196. The van der Waals surface area contributed by atoms with Crippen molar-refractivity contribution in [2.75, 3.05) is 23.8 Å². The van der Waals surface area contributed by atoms with Gasteiger partial charge < -0.3 is 14.7 Å². The van der Waals surface area contributed by atoms with Crippen LogP contribution in [0, 0.1) is 13.8 Å². The Morgan fingerprint density at radius 1 is 1.24 bits per heavy atom. The first kappa shape index (κ1) is 18.8. The van der Waals surface area contributed by atoms with Crippen LogP contribution < -0.4 is 10.2 Å². The van der Waals surface area contributed by atoms with E-state index in [2.05, 4.69) is 22.2 Å². The lowest BCUT2D eigenvalue weighted by atomic mass is 10.1. The van der Waals surface area contributed by atoms with E-state index in [9.17, 15) is 4.79 Å². The van der Waals surface area contributed by atoms with Gasteiger partial charge in [0.25, 0.3) is 5.91 Å². The van der Waals surface area contributed by atoms with Crippen molar-refractivity contribution in [3.05, 3.63) is 71.6 Å². The Kier molecular flexibility index (Phi) is 4.84. The van der Waals surface area contributed by atoms with E-state index in [1.165, 1.54) is 0 Å². The van der Waals surface area contributed by atoms with E-state index in [0.717, 1.165) is 28.3 Å². The van der Waals surface area contributed by atoms with Crippen LogP contribution in [-0.2, 0) is 17.9 Å². The molecule has 0 atom stereocenters. The second kappa shape index (κ2) is 7.46. The van der Waals surface area contributed by atoms with Crippen molar-refractivity contribution in [2.45, 2.75) is 26.9 Å². The maximum Gasteiger partial charge on any atom is 0.252 e. The Morgan fingerprint density at radius 2 is 2.03 bits per heavy atom. The van der Waals surface area contributed by atoms with E-state index in [0.29, 0.717) is 24.6 Å². The SMILES string of the molecule is C=C1N(Cc2ccccc2NC)CC(=O)N1c1cnn(Cc2c(C)noc2C)c1. The number of aryl methyl sites for hydroxylation is 2. The summed E-state index contributed by atoms with van der Waals surface area (Å²) >= 11 is 0. The second-order valence-corrected chi connectivity index (χ2v) is 7.11. The largest absolute Gasteiger partial charge is 0.388 e. The molecule has 1 aliphatic heterocycles. The highest BCUT2D eigenvalue weighted by Crippen LogP contribution is 2.29. The summed E-state index contributed by atoms with van der Waals surface area (Å²) in [6.07, 6.45) is 3.53. The van der Waals surface area contributed by atoms with Crippen molar-refractivity contribution in [3.63, 3.8) is 0 Å². The number of nitrogens with zero attached hydrogens (tertiary/aromatic N) is 5. The molecule has 0 unspecified atom stereocenters. The molecule has 1 fully saturated rings. The summed E-state index contributed by atoms with van der Waals surface area (Å²) in [5.41, 5.74) is 4.70. The van der Waals surface area contributed by atoms with Crippen molar-refractivity contribution >= 4 is 17.3 Å². The summed E-state index contributed by atoms with van der Waals surface area (Å²) in [4.78, 5) is 16.3. The van der Waals surface area contributed by atoms with Gasteiger partial charge in [0.05, 0.1) is 30.7 Å². The van der Waals surface area contributed by atoms with Crippen LogP contribution in [0.25, 0.3) is 0 Å². The van der Waals surface area contributed by atoms with Crippen LogP contribution in [-0.4, -0.2) is 39.3 Å². The summed E-state index contributed by atoms with van der Waals surface area (Å²) in [6, 6.07) is 8.05. The van der Waals surface area contributed by atoms with Crippen LogP contribution in [0.5, 0.6) is 0 Å². The predicted octanol–water partition coefficient (Wildman–Crippen LogP) is 2.90. The number of hydrogen-bond donors (Lipinski definition) is 1. The highest BCUT2D eigenvalue weighted by atomic mass is 16.5. The van der Waals surface area contributed by atoms with Gasteiger partial charge in [-0.25, -0.2) is 0 Å². The van der Waals surface area contributed by atoms with Gasteiger partial charge >= 0.3 is 0 Å². The number of anilines is 2. The van der Waals surface area contributed by atoms with E-state index in [1.54, 1.807) is 15.8 Å². The molecule has 0 bridgehead atoms. The molecule has 150 valence electrons. The topological polar surface area (TPSA) is 79.4 Å². The number of para-hydroxylation sites is 1. The highest BCUT2D eigenvalue weighted by molar-refractivity contribution is 6.00. The van der Waals surface area contributed by atoms with Crippen LogP contribution in [0.2, 0.25) is 0 Å². The smallest absolute Gasteiger partial charge is 0.252 e. The third kappa shape index (κ3) is 3.49. The number of benzene rings is 1. The molecule has 29 heavy (non-hydrogen) atoms. The summed E-state index contributed by atoms with van der Waals surface area (Å²) in [6.45, 7) is 9.37. The average molecular weight is 392 g/mol. The number of carbonyl (C=O) groups excluding carboxylic acids is 1. The van der Waals surface area contributed by atoms with Crippen molar-refractivity contribution in [1.82, 2.24) is 19.8 Å². The maximum absolute atomic E-state index is 12.7. The Labute approximate surface area is 169 Å². The van der Waals surface area contributed by atoms with Crippen LogP contribution in [0.3, 0.4) is 0 Å². The molecule has 3 heterocycles. The van der Waals surface area contributed by atoms with Gasteiger partial charge in [0, 0.05) is 31.0 Å². The van der Waals surface area contributed by atoms with Crippen LogP contribution in [0.15, 0.2) is 53.6 Å². The average Bonchev–Trinajstić information content (AvgIpc) is 3.37. The number of aromatic nitrogens is 3. The summed E-state index contributed by atoms with van der Waals surface area (Å²) in [5.74, 6) is 1.40. The first-order chi connectivity index (χ1) is 14.0. The molecular weight excluding hydrogens is 368 g/mol. The van der Waals surface area contributed by atoms with E-state index in [-0.39, 0.29) is 12.5 Å². The van der Waals surface area contributed by atoms with Gasteiger partial charge in [-0.1, -0.05) is 29.9 Å². The van der Waals surface area contributed by atoms with Gasteiger partial charge in [0.15, 0.2) is 0 Å². The van der Waals surface area contributed by atoms with Crippen molar-refractivity contribution < 1.29 is 9.32 Å². The van der Waals surface area contributed by atoms with Gasteiger partial charge in [-0.2, -0.15) is 5.10 Å². The fraction of sp³-hybridized carbons (Fsp3) is 0.286. The number of nitrogens with one attached hydrogen (secondary N) is 1. The molecule has 8 nitrogen and oxygen atoms in total.